The molecule has 108 valence electrons. The van der Waals surface area contributed by atoms with Crippen molar-refractivity contribution in [3.63, 3.8) is 0 Å². The maximum Gasteiger partial charge on any atom is 0.251 e. The topological polar surface area (TPSA) is 87.4 Å². The van der Waals surface area contributed by atoms with Gasteiger partial charge in [-0.3, -0.25) is 4.68 Å². The molecule has 0 aromatic carbocycles. The molecule has 0 atom stereocenters. The quantitative estimate of drug-likeness (QED) is 0.771. The molecule has 0 spiro atoms. The second-order valence-electron chi connectivity index (χ2n) is 5.13. The van der Waals surface area contributed by atoms with Gasteiger partial charge in [-0.2, -0.15) is 10.2 Å². The highest BCUT2D eigenvalue weighted by atomic mass is 15.4. The van der Waals surface area contributed by atoms with Gasteiger partial charge in [0.1, 0.15) is 5.69 Å². The summed E-state index contributed by atoms with van der Waals surface area (Å²) in [5.41, 5.74) is 11.0. The van der Waals surface area contributed by atoms with E-state index in [1.165, 1.54) is 0 Å². The first-order chi connectivity index (χ1) is 9.94. The van der Waals surface area contributed by atoms with Crippen LogP contribution in [-0.4, -0.2) is 29.5 Å². The molecule has 0 aliphatic rings. The maximum absolute atomic E-state index is 6.09. The van der Waals surface area contributed by atoms with Gasteiger partial charge in [-0.05, 0) is 26.8 Å². The Bertz CT molecular complexity index is 793. The van der Waals surface area contributed by atoms with Crippen molar-refractivity contribution < 1.29 is 0 Å². The maximum atomic E-state index is 6.09. The number of nitrogens with zero attached hydrogens (tertiary/aromatic N) is 6. The number of nitrogen functional groups attached to an aromatic ring is 1. The summed E-state index contributed by atoms with van der Waals surface area (Å²) in [5.74, 6) is 0.520. The van der Waals surface area contributed by atoms with Crippen molar-refractivity contribution in [1.29, 1.82) is 0 Å². The summed E-state index contributed by atoms with van der Waals surface area (Å²) in [6, 6.07) is 1.92. The van der Waals surface area contributed by atoms with E-state index in [1.54, 1.807) is 15.6 Å². The van der Waals surface area contributed by atoms with Gasteiger partial charge in [0.05, 0.1) is 17.6 Å². The van der Waals surface area contributed by atoms with Gasteiger partial charge >= 0.3 is 0 Å². The van der Waals surface area contributed by atoms with E-state index in [1.807, 2.05) is 40.1 Å². The molecule has 0 aliphatic carbocycles. The summed E-state index contributed by atoms with van der Waals surface area (Å²) in [6.45, 7) is 5.79. The van der Waals surface area contributed by atoms with Gasteiger partial charge in [-0.15, -0.1) is 0 Å². The van der Waals surface area contributed by atoms with Gasteiger partial charge in [-0.25, -0.2) is 14.6 Å². The predicted octanol–water partition coefficient (Wildman–Crippen LogP) is 1.57. The zero-order chi connectivity index (χ0) is 15.1. The first-order valence-corrected chi connectivity index (χ1v) is 6.62. The number of rotatable bonds is 2. The lowest BCUT2D eigenvalue weighted by Crippen LogP contribution is -2.04. The molecule has 3 aromatic rings. The van der Waals surface area contributed by atoms with Gasteiger partial charge in [0, 0.05) is 30.2 Å². The van der Waals surface area contributed by atoms with Crippen LogP contribution in [-0.2, 0) is 7.05 Å². The normalized spacial score (nSPS) is 11.0. The number of hydrogen-bond donors (Lipinski definition) is 1. The van der Waals surface area contributed by atoms with E-state index in [4.69, 9.17) is 5.73 Å². The molecule has 7 nitrogen and oxygen atoms in total. The van der Waals surface area contributed by atoms with Crippen molar-refractivity contribution in [3.8, 4) is 17.2 Å². The largest absolute Gasteiger partial charge is 0.396 e. The second kappa shape index (κ2) is 4.69. The van der Waals surface area contributed by atoms with Crippen LogP contribution in [0.2, 0.25) is 0 Å². The van der Waals surface area contributed by atoms with Crippen molar-refractivity contribution in [3.05, 3.63) is 35.5 Å². The number of nitrogens with two attached hydrogens (primary N) is 1. The third kappa shape index (κ3) is 2.37. The van der Waals surface area contributed by atoms with Crippen molar-refractivity contribution >= 4 is 5.69 Å². The van der Waals surface area contributed by atoms with Gasteiger partial charge in [-0.1, -0.05) is 0 Å². The van der Waals surface area contributed by atoms with Crippen LogP contribution in [0.25, 0.3) is 17.2 Å². The number of hydrogen-bond acceptors (Lipinski definition) is 5. The molecule has 0 amide bonds. The Morgan fingerprint density at radius 2 is 1.67 bits per heavy atom. The van der Waals surface area contributed by atoms with E-state index < -0.39 is 0 Å². The Kier molecular flexibility index (Phi) is 2.97. The minimum Gasteiger partial charge on any atom is -0.396 e. The van der Waals surface area contributed by atoms with Gasteiger partial charge in [0.25, 0.3) is 5.95 Å². The van der Waals surface area contributed by atoms with Crippen molar-refractivity contribution in [2.24, 2.45) is 7.05 Å². The standard InChI is InChI=1S/C14H17N7/c1-8-5-9(2)17-14(16-8)21-7-12(15)13(19-21)11-6-20(4)18-10(11)3/h5-7H,15H2,1-4H3. The third-order valence-electron chi connectivity index (χ3n) is 3.19. The summed E-state index contributed by atoms with van der Waals surface area (Å²) in [5, 5.41) is 8.84. The van der Waals surface area contributed by atoms with Crippen LogP contribution in [0, 0.1) is 20.8 Å². The van der Waals surface area contributed by atoms with E-state index in [2.05, 4.69) is 20.2 Å². The molecular weight excluding hydrogens is 266 g/mol. The summed E-state index contributed by atoms with van der Waals surface area (Å²) in [6.07, 6.45) is 3.64. The lowest BCUT2D eigenvalue weighted by Gasteiger charge is -2.02. The van der Waals surface area contributed by atoms with Crippen LogP contribution in [0.5, 0.6) is 0 Å². The smallest absolute Gasteiger partial charge is 0.251 e. The van der Waals surface area contributed by atoms with Crippen molar-refractivity contribution in [2.75, 3.05) is 5.73 Å². The fraction of sp³-hybridized carbons (Fsp3) is 0.286. The molecule has 0 bridgehead atoms. The predicted molar refractivity (Wildman–Crippen MR) is 80.0 cm³/mol. The highest BCUT2D eigenvalue weighted by molar-refractivity contribution is 5.73. The van der Waals surface area contributed by atoms with Crippen LogP contribution in [0.1, 0.15) is 17.1 Å². The Morgan fingerprint density at radius 1 is 1.00 bits per heavy atom. The van der Waals surface area contributed by atoms with E-state index >= 15 is 0 Å². The van der Waals surface area contributed by atoms with E-state index in [-0.39, 0.29) is 0 Å². The first-order valence-electron chi connectivity index (χ1n) is 6.62. The zero-order valence-electron chi connectivity index (χ0n) is 12.5. The number of aryl methyl sites for hydroxylation is 4. The summed E-state index contributed by atoms with van der Waals surface area (Å²) in [4.78, 5) is 8.79. The fourth-order valence-corrected chi connectivity index (χ4v) is 2.34. The van der Waals surface area contributed by atoms with E-state index in [0.717, 1.165) is 22.6 Å². The van der Waals surface area contributed by atoms with Crippen LogP contribution in [0.3, 0.4) is 0 Å². The average molecular weight is 283 g/mol. The zero-order valence-corrected chi connectivity index (χ0v) is 12.5. The minimum atomic E-state index is 0.520. The molecular formula is C14H17N7. The van der Waals surface area contributed by atoms with Gasteiger partial charge in [0.15, 0.2) is 0 Å². The van der Waals surface area contributed by atoms with Gasteiger partial charge < -0.3 is 5.73 Å². The number of anilines is 1. The molecule has 3 rings (SSSR count). The number of aromatic nitrogens is 6. The lowest BCUT2D eigenvalue weighted by atomic mass is 10.2. The van der Waals surface area contributed by atoms with Crippen LogP contribution in [0.15, 0.2) is 18.5 Å². The molecule has 3 heterocycles. The molecule has 7 heteroatoms. The summed E-state index contributed by atoms with van der Waals surface area (Å²) < 4.78 is 3.35. The molecule has 0 fully saturated rings. The Balaban J connectivity index is 2.11. The summed E-state index contributed by atoms with van der Waals surface area (Å²) in [7, 11) is 1.87. The molecule has 0 saturated heterocycles. The van der Waals surface area contributed by atoms with Crippen LogP contribution in [0.4, 0.5) is 5.69 Å². The monoisotopic (exact) mass is 283 g/mol. The molecule has 0 saturated carbocycles. The highest BCUT2D eigenvalue weighted by Gasteiger charge is 2.15. The minimum absolute atomic E-state index is 0.520. The Labute approximate surface area is 122 Å². The van der Waals surface area contributed by atoms with Crippen LogP contribution >= 0.6 is 0 Å². The SMILES string of the molecule is Cc1cc(C)nc(-n2cc(N)c(-c3cn(C)nc3C)n2)n1. The van der Waals surface area contributed by atoms with Crippen molar-refractivity contribution in [2.45, 2.75) is 20.8 Å². The van der Waals surface area contributed by atoms with Crippen molar-refractivity contribution in [1.82, 2.24) is 29.5 Å². The van der Waals surface area contributed by atoms with E-state index in [9.17, 15) is 0 Å². The molecule has 3 aromatic heterocycles. The first kappa shape index (κ1) is 13.3. The Morgan fingerprint density at radius 3 is 2.24 bits per heavy atom. The molecule has 0 aliphatic heterocycles. The lowest BCUT2D eigenvalue weighted by molar-refractivity contribution is 0.756. The fourth-order valence-electron chi connectivity index (χ4n) is 2.34. The van der Waals surface area contributed by atoms with E-state index in [0.29, 0.717) is 17.3 Å². The summed E-state index contributed by atoms with van der Waals surface area (Å²) >= 11 is 0. The highest BCUT2D eigenvalue weighted by Crippen LogP contribution is 2.27. The van der Waals surface area contributed by atoms with Gasteiger partial charge in [0.2, 0.25) is 0 Å². The van der Waals surface area contributed by atoms with Crippen LogP contribution < -0.4 is 5.73 Å². The molecule has 2 N–H and O–H groups in total. The molecule has 21 heavy (non-hydrogen) atoms. The third-order valence-corrected chi connectivity index (χ3v) is 3.19. The molecule has 0 radical (unpaired) electrons. The average Bonchev–Trinajstić information content (AvgIpc) is 2.91. The molecule has 0 unspecified atom stereocenters. The Hall–Kier alpha value is -2.70. The second-order valence-corrected chi connectivity index (χ2v) is 5.13.